The molecule has 6 heterocycles. The first-order valence-corrected chi connectivity index (χ1v) is 17.0. The fourth-order valence-electron chi connectivity index (χ4n) is 7.79. The minimum atomic E-state index is -1.21. The van der Waals surface area contributed by atoms with Gasteiger partial charge in [0, 0.05) is 17.6 Å². The molecule has 17 nitrogen and oxygen atoms in total. The molecule has 6 aliphatic rings. The Hall–Kier alpha value is -4.94. The van der Waals surface area contributed by atoms with Gasteiger partial charge >= 0.3 is 12.3 Å². The number of methoxy groups -OCH3 is 1. The zero-order valence-electron chi connectivity index (χ0n) is 28.6. The monoisotopic (exact) mass is 706 g/mol. The molecule has 1 aromatic rings. The molecule has 1 aromatic carbocycles. The van der Waals surface area contributed by atoms with Crippen molar-refractivity contribution in [3.63, 3.8) is 0 Å². The first-order chi connectivity index (χ1) is 24.6. The molecular weight excluding hydrogens is 664 g/mol. The van der Waals surface area contributed by atoms with Gasteiger partial charge in [-0.15, -0.1) is 0 Å². The van der Waals surface area contributed by atoms with Gasteiger partial charge in [-0.2, -0.15) is 9.89 Å². The van der Waals surface area contributed by atoms with E-state index in [-0.39, 0.29) is 66.5 Å². The summed E-state index contributed by atoms with van der Waals surface area (Å²) in [5.74, 6) is -0.908. The maximum Gasteiger partial charge on any atom is 0.375 e. The van der Waals surface area contributed by atoms with Crippen molar-refractivity contribution in [2.75, 3.05) is 40.0 Å². The quantitative estimate of drug-likeness (QED) is 0.0907. The second-order valence-electron chi connectivity index (χ2n) is 13.2. The molecule has 0 radical (unpaired) electrons. The Morgan fingerprint density at radius 3 is 2.76 bits per heavy atom. The predicted octanol–water partition coefficient (Wildman–Crippen LogP) is -2.96. The molecule has 1 fully saturated rings. The highest BCUT2D eigenvalue weighted by molar-refractivity contribution is 6.68. The summed E-state index contributed by atoms with van der Waals surface area (Å²) in [5.41, 5.74) is 0.436. The number of carbonyl (C=O) groups is 3. The Morgan fingerprint density at radius 2 is 2.06 bits per heavy atom. The molecule has 0 aromatic heterocycles. The van der Waals surface area contributed by atoms with E-state index in [9.17, 15) is 24.6 Å². The highest BCUT2D eigenvalue weighted by atomic mass is 16.6. The number of guanidine groups is 1. The number of piperidine rings is 1. The van der Waals surface area contributed by atoms with Gasteiger partial charge in [-0.1, -0.05) is 0 Å². The number of nitrogens with one attached hydrogen (secondary N) is 6. The number of hydrogen-bond donors (Lipinski definition) is 8. The van der Waals surface area contributed by atoms with Crippen LogP contribution < -0.4 is 40.0 Å². The number of aliphatic imine (C=N–C) groups is 2. The maximum absolute atomic E-state index is 13.3. The number of esters is 1. The van der Waals surface area contributed by atoms with Gasteiger partial charge in [-0.25, -0.2) is 14.7 Å². The van der Waals surface area contributed by atoms with Gasteiger partial charge < -0.3 is 34.5 Å². The largest absolute Gasteiger partial charge is 0.496 e. The van der Waals surface area contributed by atoms with Crippen LogP contribution in [-0.4, -0.2) is 104 Å². The summed E-state index contributed by atoms with van der Waals surface area (Å²) in [4.78, 5) is 48.8. The summed E-state index contributed by atoms with van der Waals surface area (Å²) in [6, 6.07) is 0. The summed E-state index contributed by atoms with van der Waals surface area (Å²) in [6.45, 7) is 4.93. The minimum absolute atomic E-state index is 0.0266. The number of aldehydes is 1. The van der Waals surface area contributed by atoms with Gasteiger partial charge in [0.25, 0.3) is 11.7 Å². The topological polar surface area (TPSA) is 222 Å². The Balaban J connectivity index is 1.30. The average molecular weight is 707 g/mol. The van der Waals surface area contributed by atoms with Crippen LogP contribution in [0.2, 0.25) is 0 Å². The lowest BCUT2D eigenvalue weighted by Crippen LogP contribution is -3.36. The average Bonchev–Trinajstić information content (AvgIpc) is 3.88. The van der Waals surface area contributed by atoms with E-state index in [1.54, 1.807) is 26.1 Å². The van der Waals surface area contributed by atoms with E-state index in [4.69, 9.17) is 24.4 Å². The van der Waals surface area contributed by atoms with Crippen LogP contribution in [-0.2, 0) is 32.1 Å². The van der Waals surface area contributed by atoms with Crippen LogP contribution in [0.5, 0.6) is 17.2 Å². The van der Waals surface area contributed by atoms with Crippen LogP contribution in [0.1, 0.15) is 43.4 Å². The van der Waals surface area contributed by atoms with E-state index in [1.807, 2.05) is 6.20 Å². The molecule has 6 aliphatic heterocycles. The number of carbonyl (C=O) groups excluding carboxylic acids is 3. The summed E-state index contributed by atoms with van der Waals surface area (Å²) in [7, 11) is 1.48. The number of allylic oxidation sites excluding steroid dienone is 2. The number of hydrogen-bond acceptors (Lipinski definition) is 13. The maximum atomic E-state index is 13.3. The SMILES string of the molecule is CCOC(=O)C1=C(C=O)/C(=C\C[NH+]2C=CNC2[NH+]2CN=C3C(=O)NC(=N)N=C32)c2c(OC)c3c(c(CO)c2O1)O[C@H]([C@](C)(O)C1CCNCC1)C3. The molecule has 0 aliphatic carbocycles. The second-order valence-corrected chi connectivity index (χ2v) is 13.2. The van der Waals surface area contributed by atoms with Gasteiger partial charge in [0.1, 0.15) is 41.7 Å². The standard InChI is InChI=1S/C34H40N8O9/c1-4-49-31(46)28-20(14-43)18(7-11-41-12-10-37-33(41)42-16-38-24-29(42)39-32(35)40-30(24)45)23-26(48-3)19-13-22(34(2,47)17-5-8-36-9-6-17)50-25(19)21(15-44)27(23)51-28/h7,10,12,14,17,22,33,36-37,44,47H,4-6,8-9,11,13,15-16H2,1-3H3,(H2,35,40,45)/p+2/b18-7+/t22-,33?,34+/m0/s1. The molecular formula is C34H42N8O9+2. The van der Waals surface area contributed by atoms with Crippen LogP contribution in [0.4, 0.5) is 0 Å². The van der Waals surface area contributed by atoms with E-state index in [1.165, 1.54) is 7.11 Å². The highest BCUT2D eigenvalue weighted by Crippen LogP contribution is 2.55. The number of aliphatic hydroxyl groups is 2. The fourth-order valence-corrected chi connectivity index (χ4v) is 7.79. The molecule has 1 amide bonds. The van der Waals surface area contributed by atoms with Crippen molar-refractivity contribution >= 4 is 41.2 Å². The first kappa shape index (κ1) is 34.5. The number of aliphatic hydroxyl groups excluding tert-OH is 1. The van der Waals surface area contributed by atoms with Crippen molar-refractivity contribution < 1.29 is 53.3 Å². The van der Waals surface area contributed by atoms with E-state index >= 15 is 0 Å². The Morgan fingerprint density at radius 1 is 1.27 bits per heavy atom. The predicted molar refractivity (Wildman–Crippen MR) is 180 cm³/mol. The van der Waals surface area contributed by atoms with Gasteiger partial charge in [0.15, 0.2) is 13.0 Å². The lowest BCUT2D eigenvalue weighted by molar-refractivity contribution is -1.05. The summed E-state index contributed by atoms with van der Waals surface area (Å²) in [6.07, 6.45) is 6.70. The molecule has 0 spiro atoms. The molecule has 3 unspecified atom stereocenters. The summed E-state index contributed by atoms with van der Waals surface area (Å²) in [5, 5.41) is 39.6. The molecule has 17 heteroatoms. The fraction of sp³-hybridized carbons (Fsp3) is 0.471. The van der Waals surface area contributed by atoms with E-state index < -0.39 is 36.5 Å². The van der Waals surface area contributed by atoms with Crippen LogP contribution in [0, 0.1) is 11.3 Å². The Bertz CT molecular complexity index is 1840. The third-order valence-corrected chi connectivity index (χ3v) is 10.4. The molecule has 0 saturated carbocycles. The first-order valence-electron chi connectivity index (χ1n) is 17.0. The number of ether oxygens (including phenoxy) is 4. The van der Waals surface area contributed by atoms with Gasteiger partial charge in [0.05, 0.1) is 43.2 Å². The van der Waals surface area contributed by atoms with Crippen molar-refractivity contribution in [2.45, 2.75) is 57.7 Å². The van der Waals surface area contributed by atoms with Crippen LogP contribution in [0.3, 0.4) is 0 Å². The summed E-state index contributed by atoms with van der Waals surface area (Å²) < 4.78 is 23.9. The van der Waals surface area contributed by atoms with Gasteiger partial charge in [-0.3, -0.25) is 25.6 Å². The highest BCUT2D eigenvalue weighted by Gasteiger charge is 2.49. The minimum Gasteiger partial charge on any atom is -0.496 e. The number of amides is 1. The van der Waals surface area contributed by atoms with Crippen LogP contribution >= 0.6 is 0 Å². The van der Waals surface area contributed by atoms with E-state index in [0.29, 0.717) is 40.3 Å². The van der Waals surface area contributed by atoms with E-state index in [0.717, 1.165) is 35.7 Å². The third kappa shape index (κ3) is 5.80. The Labute approximate surface area is 293 Å². The number of amidine groups is 1. The number of fused-ring (bicyclic) bond motifs is 3. The normalized spacial score (nSPS) is 27.3. The zero-order chi connectivity index (χ0) is 36.0. The number of nitrogens with zero attached hydrogens (tertiary/aromatic N) is 2. The Kier molecular flexibility index (Phi) is 9.23. The van der Waals surface area contributed by atoms with Crippen molar-refractivity contribution in [1.82, 2.24) is 16.0 Å². The molecule has 0 bridgehead atoms. The lowest BCUT2D eigenvalue weighted by Gasteiger charge is -2.39. The van der Waals surface area contributed by atoms with Crippen molar-refractivity contribution in [3.8, 4) is 17.2 Å². The second kappa shape index (κ2) is 13.6. The number of rotatable bonds is 10. The summed E-state index contributed by atoms with van der Waals surface area (Å²) >= 11 is 0. The molecule has 1 saturated heterocycles. The molecule has 7 rings (SSSR count). The van der Waals surface area contributed by atoms with Gasteiger partial charge in [-0.05, 0) is 51.8 Å². The van der Waals surface area contributed by atoms with Crippen molar-refractivity contribution in [1.29, 1.82) is 5.41 Å². The smallest absolute Gasteiger partial charge is 0.375 e. The molecule has 5 atom stereocenters. The zero-order valence-corrected chi connectivity index (χ0v) is 28.6. The third-order valence-electron chi connectivity index (χ3n) is 10.4. The van der Waals surface area contributed by atoms with E-state index in [2.05, 4.69) is 25.9 Å². The number of benzene rings is 1. The molecule has 8 N–H and O–H groups in total. The van der Waals surface area contributed by atoms with Crippen LogP contribution in [0.15, 0.2) is 39.8 Å². The molecule has 51 heavy (non-hydrogen) atoms. The van der Waals surface area contributed by atoms with Crippen molar-refractivity contribution in [3.05, 3.63) is 46.5 Å². The molecule has 270 valence electrons. The van der Waals surface area contributed by atoms with Gasteiger partial charge in [0.2, 0.25) is 17.4 Å². The lowest BCUT2D eigenvalue weighted by atomic mass is 9.77. The van der Waals surface area contributed by atoms with Crippen LogP contribution in [0.25, 0.3) is 5.57 Å². The van der Waals surface area contributed by atoms with Crippen molar-refractivity contribution in [2.24, 2.45) is 15.9 Å². The number of quaternary nitrogens is 2.